The van der Waals surface area contributed by atoms with Gasteiger partial charge in [0, 0.05) is 6.20 Å². The molecule has 0 aromatic carbocycles. The van der Waals surface area contributed by atoms with Gasteiger partial charge in [0.15, 0.2) is 6.23 Å². The molecule has 4 atom stereocenters. The van der Waals surface area contributed by atoms with Gasteiger partial charge in [-0.2, -0.15) is 4.98 Å². The zero-order valence-electron chi connectivity index (χ0n) is 11.1. The maximum Gasteiger partial charge on any atom is 0.397 e. The van der Waals surface area contributed by atoms with Gasteiger partial charge in [0.05, 0.1) is 6.61 Å². The Labute approximate surface area is 123 Å². The van der Waals surface area contributed by atoms with E-state index in [0.717, 1.165) is 4.57 Å². The van der Waals surface area contributed by atoms with Gasteiger partial charge >= 0.3 is 13.4 Å². The van der Waals surface area contributed by atoms with Gasteiger partial charge in [0.1, 0.15) is 24.1 Å². The van der Waals surface area contributed by atoms with Crippen molar-refractivity contribution in [3.8, 4) is 0 Å². The number of aliphatic hydroxyl groups is 3. The Hall–Kier alpha value is -1.37. The molecule has 0 unspecified atom stereocenters. The van der Waals surface area contributed by atoms with Gasteiger partial charge in [0.2, 0.25) is 0 Å². The number of rotatable bonds is 2. The summed E-state index contributed by atoms with van der Waals surface area (Å²) in [4.78, 5) is 29.8. The number of nitrogen functional groups attached to an aromatic ring is 1. The molecule has 0 radical (unpaired) electrons. The molecule has 1 saturated heterocycles. The molecule has 0 bridgehead atoms. The number of aliphatic hydroxyl groups excluding tert-OH is 3. The van der Waals surface area contributed by atoms with E-state index < -0.39 is 44.6 Å². The number of anilines is 1. The van der Waals surface area contributed by atoms with Gasteiger partial charge < -0.3 is 35.6 Å². The van der Waals surface area contributed by atoms with Crippen LogP contribution in [0.15, 0.2) is 17.1 Å². The van der Waals surface area contributed by atoms with Crippen LogP contribution >= 0.6 is 7.75 Å². The van der Waals surface area contributed by atoms with E-state index in [9.17, 15) is 15.0 Å². The van der Waals surface area contributed by atoms with Crippen molar-refractivity contribution in [3.05, 3.63) is 22.7 Å². The lowest BCUT2D eigenvalue weighted by atomic mass is 10.1. The summed E-state index contributed by atoms with van der Waals surface area (Å²) in [6, 6.07) is 1.37. The van der Waals surface area contributed by atoms with E-state index in [-0.39, 0.29) is 5.82 Å². The highest BCUT2D eigenvalue weighted by Gasteiger charge is 2.43. The molecule has 1 aromatic heterocycles. The van der Waals surface area contributed by atoms with Gasteiger partial charge in [-0.15, -0.1) is 0 Å². The first-order valence-corrected chi connectivity index (χ1v) is 7.54. The first-order valence-electron chi connectivity index (χ1n) is 5.86. The van der Waals surface area contributed by atoms with Crippen molar-refractivity contribution in [1.82, 2.24) is 9.55 Å². The van der Waals surface area contributed by atoms with Crippen LogP contribution in [-0.4, -0.2) is 59.6 Å². The minimum atomic E-state index is -4.14. The summed E-state index contributed by atoms with van der Waals surface area (Å²) in [6.45, 7) is -0.453. The average molecular weight is 340 g/mol. The predicted molar refractivity (Wildman–Crippen MR) is 72.2 cm³/mol. The maximum atomic E-state index is 11.5. The Kier molecular flexibility index (Phi) is 6.17. The van der Waals surface area contributed by atoms with E-state index in [4.69, 9.17) is 29.9 Å². The monoisotopic (exact) mass is 340 g/mol. The van der Waals surface area contributed by atoms with Crippen molar-refractivity contribution in [2.24, 2.45) is 5.50 Å². The van der Waals surface area contributed by atoms with Crippen LogP contribution in [0.5, 0.6) is 0 Å². The SMILES string of the molecule is NP(=O)(O)O.Nc1ccn([C@@H]2O[C@H](CO)[C@@H](O)[C@@H]2O)c(=O)n1. The molecule has 1 fully saturated rings. The van der Waals surface area contributed by atoms with Crippen LogP contribution in [0.1, 0.15) is 6.23 Å². The molecule has 12 nitrogen and oxygen atoms in total. The Balaban J connectivity index is 0.000000422. The van der Waals surface area contributed by atoms with Crippen LogP contribution in [0.3, 0.4) is 0 Å². The van der Waals surface area contributed by atoms with Gasteiger partial charge in [-0.3, -0.25) is 4.57 Å². The Morgan fingerprint density at radius 2 is 1.91 bits per heavy atom. The van der Waals surface area contributed by atoms with Gasteiger partial charge in [0.25, 0.3) is 0 Å². The molecule has 1 aliphatic heterocycles. The molecule has 2 rings (SSSR count). The van der Waals surface area contributed by atoms with E-state index in [1.807, 2.05) is 0 Å². The van der Waals surface area contributed by atoms with Crippen molar-refractivity contribution in [2.75, 3.05) is 12.3 Å². The summed E-state index contributed by atoms with van der Waals surface area (Å²) in [7, 11) is -4.14. The summed E-state index contributed by atoms with van der Waals surface area (Å²) < 4.78 is 15.3. The fraction of sp³-hybridized carbons (Fsp3) is 0.556. The van der Waals surface area contributed by atoms with Crippen molar-refractivity contribution in [2.45, 2.75) is 24.5 Å². The van der Waals surface area contributed by atoms with Crippen LogP contribution in [-0.2, 0) is 9.30 Å². The average Bonchev–Trinajstić information content (AvgIpc) is 2.64. The minimum Gasteiger partial charge on any atom is -0.394 e. The van der Waals surface area contributed by atoms with Crippen LogP contribution < -0.4 is 16.9 Å². The molecule has 0 amide bonds. The predicted octanol–water partition coefficient (Wildman–Crippen LogP) is -3.53. The fourth-order valence-electron chi connectivity index (χ4n) is 1.73. The molecular formula is C9H17N4O8P. The zero-order valence-corrected chi connectivity index (χ0v) is 12.0. The van der Waals surface area contributed by atoms with Crippen LogP contribution in [0.2, 0.25) is 0 Å². The minimum absolute atomic E-state index is 0.0537. The quantitative estimate of drug-likeness (QED) is 0.262. The molecule has 0 aliphatic carbocycles. The number of ether oxygens (including phenoxy) is 1. The van der Waals surface area contributed by atoms with E-state index in [1.54, 1.807) is 0 Å². The van der Waals surface area contributed by atoms with Gasteiger partial charge in [-0.1, -0.05) is 0 Å². The van der Waals surface area contributed by atoms with E-state index in [2.05, 4.69) is 10.5 Å². The third-order valence-corrected chi connectivity index (χ3v) is 2.64. The molecule has 1 aliphatic rings. The van der Waals surface area contributed by atoms with E-state index in [1.165, 1.54) is 12.3 Å². The molecule has 126 valence electrons. The number of hydrogen-bond donors (Lipinski definition) is 7. The first kappa shape index (κ1) is 18.7. The summed E-state index contributed by atoms with van der Waals surface area (Å²) in [5, 5.41) is 28.2. The van der Waals surface area contributed by atoms with Gasteiger partial charge in [-0.05, 0) is 6.07 Å². The third kappa shape index (κ3) is 5.12. The fourth-order valence-corrected chi connectivity index (χ4v) is 1.73. The normalized spacial score (nSPS) is 28.1. The second-order valence-electron chi connectivity index (χ2n) is 4.36. The lowest BCUT2D eigenvalue weighted by molar-refractivity contribution is -0.0549. The van der Waals surface area contributed by atoms with Crippen LogP contribution in [0.4, 0.5) is 5.82 Å². The number of nitrogens with two attached hydrogens (primary N) is 2. The third-order valence-electron chi connectivity index (χ3n) is 2.64. The smallest absolute Gasteiger partial charge is 0.394 e. The number of aromatic nitrogens is 2. The number of nitrogens with zero attached hydrogens (tertiary/aromatic N) is 2. The number of hydrogen-bond acceptors (Lipinski definition) is 8. The highest BCUT2D eigenvalue weighted by molar-refractivity contribution is 7.49. The second-order valence-corrected chi connectivity index (χ2v) is 5.54. The maximum absolute atomic E-state index is 11.5. The largest absolute Gasteiger partial charge is 0.397 e. The Bertz CT molecular complexity index is 595. The van der Waals surface area contributed by atoms with Crippen molar-refractivity contribution in [3.63, 3.8) is 0 Å². The first-order chi connectivity index (χ1) is 10.0. The molecule has 9 N–H and O–H groups in total. The molecule has 0 spiro atoms. The van der Waals surface area contributed by atoms with E-state index in [0.29, 0.717) is 0 Å². The standard InChI is InChI=1S/C9H13N3O5.H4NO3P/c10-5-1-2-12(9(16)11-5)8-7(15)6(14)4(3-13)17-8;1-5(2,3)4/h1-2,4,6-8,13-15H,3H2,(H2,10,11,16);(H4,1,2,3,4)/t4-,6-,7+,8-;/m1./s1. The molecule has 1 aromatic rings. The lowest BCUT2D eigenvalue weighted by Crippen LogP contribution is -2.36. The van der Waals surface area contributed by atoms with Crippen molar-refractivity contribution in [1.29, 1.82) is 0 Å². The summed E-state index contributed by atoms with van der Waals surface area (Å²) in [5.74, 6) is 0.0537. The molecular weight excluding hydrogens is 323 g/mol. The molecule has 13 heteroatoms. The molecule has 2 heterocycles. The van der Waals surface area contributed by atoms with Crippen molar-refractivity contribution < 1.29 is 34.4 Å². The second kappa shape index (κ2) is 7.26. The summed E-state index contributed by atoms with van der Waals surface area (Å²) in [5.41, 5.74) is 8.65. The van der Waals surface area contributed by atoms with Crippen LogP contribution in [0.25, 0.3) is 0 Å². The topological polar surface area (TPSA) is 214 Å². The molecule has 0 saturated carbocycles. The summed E-state index contributed by atoms with van der Waals surface area (Å²) in [6.07, 6.45) is -3.27. The lowest BCUT2D eigenvalue weighted by Gasteiger charge is -2.16. The Morgan fingerprint density at radius 1 is 1.36 bits per heavy atom. The zero-order chi connectivity index (χ0) is 17.1. The Morgan fingerprint density at radius 3 is 2.32 bits per heavy atom. The van der Waals surface area contributed by atoms with E-state index >= 15 is 0 Å². The summed E-state index contributed by atoms with van der Waals surface area (Å²) >= 11 is 0. The highest BCUT2D eigenvalue weighted by Crippen LogP contribution is 2.27. The van der Waals surface area contributed by atoms with Crippen LogP contribution in [0, 0.1) is 0 Å². The van der Waals surface area contributed by atoms with Crippen molar-refractivity contribution >= 4 is 13.6 Å². The molecule has 22 heavy (non-hydrogen) atoms. The highest BCUT2D eigenvalue weighted by atomic mass is 31.2. The van der Waals surface area contributed by atoms with Gasteiger partial charge in [-0.25, -0.2) is 14.9 Å².